The molecular weight excluding hydrogens is 584 g/mol. The van der Waals surface area contributed by atoms with Crippen molar-refractivity contribution in [3.63, 3.8) is 0 Å². The number of rotatable bonds is 4. The lowest BCUT2D eigenvalue weighted by atomic mass is 9.57. The molecule has 8 nitrogen and oxygen atoms in total. The van der Waals surface area contributed by atoms with Gasteiger partial charge in [0.05, 0.1) is 21.7 Å². The van der Waals surface area contributed by atoms with Crippen molar-refractivity contribution in [3.05, 3.63) is 39.4 Å². The highest BCUT2D eigenvalue weighted by atomic mass is 16.5. The monoisotopic (exact) mass is 632 g/mol. The first-order chi connectivity index (χ1) is 20.9. The lowest BCUT2D eigenvalue weighted by molar-refractivity contribution is -0.146. The van der Waals surface area contributed by atoms with Gasteiger partial charge in [0.15, 0.2) is 28.9 Å². The van der Waals surface area contributed by atoms with Gasteiger partial charge >= 0.3 is 0 Å². The molecule has 2 unspecified atom stereocenters. The molecule has 0 bridgehead atoms. The highest BCUT2D eigenvalue weighted by Crippen LogP contribution is 2.64. The number of hydrogen-bond acceptors (Lipinski definition) is 8. The van der Waals surface area contributed by atoms with E-state index in [0.29, 0.717) is 16.7 Å². The number of phenolic OH excluding ortho intramolecular Hbond substituents is 1. The maximum Gasteiger partial charge on any atom is 0.175 e. The summed E-state index contributed by atoms with van der Waals surface area (Å²) in [4.78, 5) is 70.2. The molecular formula is C38H48O8. The number of Topliss-reactive ketones (excluding diaryl/α,β-unsaturated/α-hetero) is 5. The number of ketones is 5. The predicted octanol–water partition coefficient (Wildman–Crippen LogP) is 7.41. The number of carbonyl (C=O) groups excluding carboxylic acids is 5. The summed E-state index contributed by atoms with van der Waals surface area (Å²) in [6.07, 6.45) is 0. The fourth-order valence-corrected chi connectivity index (χ4v) is 8.32. The number of carbonyl (C=O) groups is 5. The molecule has 1 aromatic rings. The summed E-state index contributed by atoms with van der Waals surface area (Å²) in [7, 11) is 0. The highest BCUT2D eigenvalue weighted by molar-refractivity contribution is 6.21. The zero-order chi connectivity index (χ0) is 35.0. The summed E-state index contributed by atoms with van der Waals surface area (Å²) in [5.41, 5.74) is -3.79. The SMILES string of the molecule is CC(C)C(=O)c1c(O)c2c(c3c1OC1=C(C(=O)C(C)(C)C(=O)C1(C)C)C3C(C)C)OC1=C(C(=O)C(C)(C)C(=O)C1(C)C)C2C(C)C. The van der Waals surface area contributed by atoms with E-state index in [4.69, 9.17) is 9.47 Å². The van der Waals surface area contributed by atoms with Crippen LogP contribution in [0.1, 0.15) is 130 Å². The largest absolute Gasteiger partial charge is 0.507 e. The Kier molecular flexibility index (Phi) is 7.33. The van der Waals surface area contributed by atoms with Crippen LogP contribution in [0.3, 0.4) is 0 Å². The molecule has 8 heteroatoms. The lowest BCUT2D eigenvalue weighted by Gasteiger charge is -2.49. The van der Waals surface area contributed by atoms with Crippen LogP contribution in [0.15, 0.2) is 22.7 Å². The van der Waals surface area contributed by atoms with Gasteiger partial charge in [0, 0.05) is 40.0 Å². The van der Waals surface area contributed by atoms with Crippen LogP contribution in [0.5, 0.6) is 17.2 Å². The molecule has 46 heavy (non-hydrogen) atoms. The van der Waals surface area contributed by atoms with Gasteiger partial charge in [0.1, 0.15) is 34.3 Å². The fraction of sp³-hybridized carbons (Fsp3) is 0.605. The number of phenols is 1. The fourth-order valence-electron chi connectivity index (χ4n) is 8.32. The summed E-state index contributed by atoms with van der Waals surface area (Å²) < 4.78 is 13.3. The highest BCUT2D eigenvalue weighted by Gasteiger charge is 2.61. The Morgan fingerprint density at radius 1 is 0.609 bits per heavy atom. The van der Waals surface area contributed by atoms with Gasteiger partial charge in [-0.05, 0) is 67.2 Å². The Labute approximate surface area is 272 Å². The zero-order valence-corrected chi connectivity index (χ0v) is 29.7. The number of fused-ring (bicyclic) bond motifs is 3. The first-order valence-corrected chi connectivity index (χ1v) is 16.4. The van der Waals surface area contributed by atoms with Crippen LogP contribution < -0.4 is 9.47 Å². The maximum atomic E-state index is 14.3. The molecule has 0 radical (unpaired) electrons. The third kappa shape index (κ3) is 4.06. The van der Waals surface area contributed by atoms with E-state index in [9.17, 15) is 29.1 Å². The van der Waals surface area contributed by atoms with Crippen LogP contribution in [-0.4, -0.2) is 34.0 Å². The summed E-state index contributed by atoms with van der Waals surface area (Å²) in [6, 6.07) is 0. The molecule has 0 saturated heterocycles. The van der Waals surface area contributed by atoms with Crippen molar-refractivity contribution >= 4 is 28.9 Å². The summed E-state index contributed by atoms with van der Waals surface area (Å²) in [5.74, 6) is -3.89. The van der Waals surface area contributed by atoms with Crippen LogP contribution >= 0.6 is 0 Å². The van der Waals surface area contributed by atoms with E-state index in [1.807, 2.05) is 27.7 Å². The van der Waals surface area contributed by atoms with E-state index in [1.54, 1.807) is 69.2 Å². The third-order valence-corrected chi connectivity index (χ3v) is 10.7. The Bertz CT molecular complexity index is 1720. The Morgan fingerprint density at radius 2 is 0.978 bits per heavy atom. The summed E-state index contributed by atoms with van der Waals surface area (Å²) >= 11 is 0. The molecule has 0 amide bonds. The predicted molar refractivity (Wildman–Crippen MR) is 173 cm³/mol. The van der Waals surface area contributed by atoms with Crippen molar-refractivity contribution in [2.75, 3.05) is 0 Å². The summed E-state index contributed by atoms with van der Waals surface area (Å²) in [6.45, 7) is 24.6. The van der Waals surface area contributed by atoms with Gasteiger partial charge in [-0.15, -0.1) is 0 Å². The van der Waals surface area contributed by atoms with Crippen LogP contribution in [0.25, 0.3) is 0 Å². The Hall–Kier alpha value is -3.55. The topological polar surface area (TPSA) is 124 Å². The quantitative estimate of drug-likeness (QED) is 0.269. The van der Waals surface area contributed by atoms with Crippen LogP contribution in [0, 0.1) is 39.4 Å². The Balaban J connectivity index is 1.99. The van der Waals surface area contributed by atoms with Gasteiger partial charge in [0.2, 0.25) is 0 Å². The van der Waals surface area contributed by atoms with Crippen molar-refractivity contribution in [3.8, 4) is 17.2 Å². The molecule has 0 aromatic heterocycles. The third-order valence-electron chi connectivity index (χ3n) is 10.7. The van der Waals surface area contributed by atoms with Crippen molar-refractivity contribution < 1.29 is 38.6 Å². The van der Waals surface area contributed by atoms with Crippen molar-refractivity contribution in [2.45, 2.75) is 109 Å². The molecule has 0 saturated carbocycles. The molecule has 1 N–H and O–H groups in total. The van der Waals surface area contributed by atoms with E-state index in [-0.39, 0.29) is 80.6 Å². The summed E-state index contributed by atoms with van der Waals surface area (Å²) in [5, 5.41) is 12.2. The first kappa shape index (κ1) is 33.8. The van der Waals surface area contributed by atoms with Crippen LogP contribution in [0.2, 0.25) is 0 Å². The number of aromatic hydroxyl groups is 1. The van der Waals surface area contributed by atoms with E-state index in [0.717, 1.165) is 0 Å². The van der Waals surface area contributed by atoms with Gasteiger partial charge in [-0.25, -0.2) is 0 Å². The number of ether oxygens (including phenoxy) is 2. The lowest BCUT2D eigenvalue weighted by Crippen LogP contribution is -2.53. The molecule has 248 valence electrons. The molecule has 0 fully saturated rings. The van der Waals surface area contributed by atoms with Gasteiger partial charge in [0.25, 0.3) is 0 Å². The number of allylic oxidation sites excluding steroid dienone is 4. The second kappa shape index (κ2) is 9.98. The second-order valence-corrected chi connectivity index (χ2v) is 16.7. The average Bonchev–Trinajstić information content (AvgIpc) is 2.95. The Morgan fingerprint density at radius 3 is 1.35 bits per heavy atom. The van der Waals surface area contributed by atoms with Gasteiger partial charge < -0.3 is 14.6 Å². The van der Waals surface area contributed by atoms with Gasteiger partial charge in [-0.2, -0.15) is 0 Å². The van der Waals surface area contributed by atoms with Gasteiger partial charge in [-0.1, -0.05) is 41.5 Å². The first-order valence-electron chi connectivity index (χ1n) is 16.4. The molecule has 1 aromatic carbocycles. The standard InChI is InChI=1S/C38H48O8/c1-15(2)18-20-26(40)24(25(39)17(5)6)28-21(27(20)45-31-22(18)29(41)35(7,8)33(43)37(31,11)12)19(16(3)4)23-30(42)36(9,10)34(44)38(13,14)32(23)46-28/h15-19,40H,1-14H3. The van der Waals surface area contributed by atoms with E-state index in [2.05, 4.69) is 0 Å². The second-order valence-electron chi connectivity index (χ2n) is 16.7. The minimum Gasteiger partial charge on any atom is -0.507 e. The minimum absolute atomic E-state index is 0.0546. The van der Waals surface area contributed by atoms with Crippen LogP contribution in [-0.2, 0) is 19.2 Å². The zero-order valence-electron chi connectivity index (χ0n) is 29.7. The smallest absolute Gasteiger partial charge is 0.175 e. The molecule has 2 atom stereocenters. The minimum atomic E-state index is -1.34. The van der Waals surface area contributed by atoms with Crippen molar-refractivity contribution in [1.82, 2.24) is 0 Å². The molecule has 0 spiro atoms. The molecule has 5 rings (SSSR count). The molecule has 2 aliphatic heterocycles. The molecule has 2 heterocycles. The normalized spacial score (nSPS) is 25.7. The number of benzene rings is 1. The van der Waals surface area contributed by atoms with E-state index >= 15 is 0 Å². The van der Waals surface area contributed by atoms with Crippen LogP contribution in [0.4, 0.5) is 0 Å². The number of hydrogen-bond donors (Lipinski definition) is 1. The van der Waals surface area contributed by atoms with Crippen molar-refractivity contribution in [2.24, 2.45) is 39.4 Å². The molecule has 2 aliphatic carbocycles. The van der Waals surface area contributed by atoms with Crippen molar-refractivity contribution in [1.29, 1.82) is 0 Å². The molecule has 4 aliphatic rings. The maximum absolute atomic E-state index is 14.3. The van der Waals surface area contributed by atoms with Gasteiger partial charge in [-0.3, -0.25) is 24.0 Å². The van der Waals surface area contributed by atoms with E-state index < -0.39 is 39.4 Å². The average molecular weight is 633 g/mol. The van der Waals surface area contributed by atoms with E-state index in [1.165, 1.54) is 0 Å².